The predicted octanol–water partition coefficient (Wildman–Crippen LogP) is 4.72. The molecule has 3 aromatic carbocycles. The van der Waals surface area contributed by atoms with E-state index in [0.717, 1.165) is 21.0 Å². The zero-order valence-electron chi connectivity index (χ0n) is 14.3. The number of carbonyl (C=O) groups excluding carboxylic acids is 1. The molecule has 0 spiro atoms. The molecule has 1 heterocycles. The topological polar surface area (TPSA) is 60.5 Å². The second-order valence-corrected chi connectivity index (χ2v) is 6.74. The van der Waals surface area contributed by atoms with Crippen LogP contribution in [-0.4, -0.2) is 25.1 Å². The summed E-state index contributed by atoms with van der Waals surface area (Å²) in [5, 5.41) is 5.54. The number of anilines is 1. The Morgan fingerprint density at radius 1 is 0.962 bits per heavy atom. The first-order valence-electron chi connectivity index (χ1n) is 8.00. The van der Waals surface area contributed by atoms with Crippen molar-refractivity contribution in [3.8, 4) is 11.5 Å². The van der Waals surface area contributed by atoms with Crippen LogP contribution in [0.15, 0.2) is 54.6 Å². The second-order valence-electron chi connectivity index (χ2n) is 5.71. The molecule has 1 amide bonds. The Labute approximate surface area is 154 Å². The minimum absolute atomic E-state index is 0.186. The van der Waals surface area contributed by atoms with Gasteiger partial charge in [0.1, 0.15) is 0 Å². The molecule has 0 aliphatic heterocycles. The number of ether oxygens (including phenoxy) is 2. The van der Waals surface area contributed by atoms with Gasteiger partial charge in [-0.15, -0.1) is 0 Å². The van der Waals surface area contributed by atoms with Crippen LogP contribution in [0.5, 0.6) is 11.5 Å². The van der Waals surface area contributed by atoms with Crippen molar-refractivity contribution >= 4 is 43.4 Å². The third kappa shape index (κ3) is 2.95. The van der Waals surface area contributed by atoms with Gasteiger partial charge in [-0.3, -0.25) is 10.1 Å². The fourth-order valence-corrected chi connectivity index (χ4v) is 3.68. The van der Waals surface area contributed by atoms with E-state index < -0.39 is 0 Å². The van der Waals surface area contributed by atoms with Gasteiger partial charge in [-0.25, -0.2) is 4.98 Å². The first-order valence-corrected chi connectivity index (χ1v) is 8.82. The number of benzene rings is 3. The SMILES string of the molecule is COc1cc2nc(NC(=O)c3ccc4ccccc4c3)sc2cc1OC. The molecule has 0 aliphatic rings. The van der Waals surface area contributed by atoms with Crippen molar-refractivity contribution in [2.24, 2.45) is 0 Å². The summed E-state index contributed by atoms with van der Waals surface area (Å²) in [5.74, 6) is 1.06. The van der Waals surface area contributed by atoms with Gasteiger partial charge < -0.3 is 9.47 Å². The first kappa shape index (κ1) is 16.4. The minimum atomic E-state index is -0.186. The number of amides is 1. The lowest BCUT2D eigenvalue weighted by Gasteiger charge is -2.05. The van der Waals surface area contributed by atoms with Gasteiger partial charge in [-0.05, 0) is 22.9 Å². The van der Waals surface area contributed by atoms with Gasteiger partial charge in [0, 0.05) is 17.7 Å². The standard InChI is InChI=1S/C20H16N2O3S/c1-24-16-10-15-18(11-17(16)25-2)26-20(21-15)22-19(23)14-8-7-12-5-3-4-6-13(12)9-14/h3-11H,1-2H3,(H,21,22,23). The molecular weight excluding hydrogens is 348 g/mol. The maximum Gasteiger partial charge on any atom is 0.257 e. The van der Waals surface area contributed by atoms with E-state index in [1.54, 1.807) is 20.3 Å². The largest absolute Gasteiger partial charge is 0.493 e. The normalized spacial score (nSPS) is 10.8. The highest BCUT2D eigenvalue weighted by Gasteiger charge is 2.13. The molecule has 0 saturated heterocycles. The van der Waals surface area contributed by atoms with Crippen LogP contribution in [0.1, 0.15) is 10.4 Å². The molecule has 6 heteroatoms. The Balaban J connectivity index is 1.64. The van der Waals surface area contributed by atoms with Gasteiger partial charge in [0.05, 0.1) is 24.4 Å². The number of methoxy groups -OCH3 is 2. The molecule has 0 radical (unpaired) electrons. The molecule has 4 aromatic rings. The molecule has 0 saturated carbocycles. The van der Waals surface area contributed by atoms with E-state index in [1.807, 2.05) is 48.5 Å². The number of nitrogens with one attached hydrogen (secondary N) is 1. The van der Waals surface area contributed by atoms with Crippen LogP contribution in [-0.2, 0) is 0 Å². The van der Waals surface area contributed by atoms with Gasteiger partial charge in [0.25, 0.3) is 5.91 Å². The number of rotatable bonds is 4. The van der Waals surface area contributed by atoms with Crippen LogP contribution in [0.4, 0.5) is 5.13 Å². The van der Waals surface area contributed by atoms with Gasteiger partial charge in [-0.2, -0.15) is 0 Å². The van der Waals surface area contributed by atoms with E-state index in [-0.39, 0.29) is 5.91 Å². The number of thiazole rings is 1. The smallest absolute Gasteiger partial charge is 0.257 e. The van der Waals surface area contributed by atoms with Crippen molar-refractivity contribution in [1.29, 1.82) is 0 Å². The summed E-state index contributed by atoms with van der Waals surface area (Å²) in [6.07, 6.45) is 0. The van der Waals surface area contributed by atoms with Crippen LogP contribution in [0, 0.1) is 0 Å². The van der Waals surface area contributed by atoms with Crippen molar-refractivity contribution in [2.75, 3.05) is 19.5 Å². The summed E-state index contributed by atoms with van der Waals surface area (Å²) in [4.78, 5) is 17.1. The maximum atomic E-state index is 12.6. The van der Waals surface area contributed by atoms with Crippen molar-refractivity contribution in [3.63, 3.8) is 0 Å². The van der Waals surface area contributed by atoms with Crippen molar-refractivity contribution in [2.45, 2.75) is 0 Å². The van der Waals surface area contributed by atoms with Gasteiger partial charge in [0.15, 0.2) is 16.6 Å². The van der Waals surface area contributed by atoms with Crippen molar-refractivity contribution in [1.82, 2.24) is 4.98 Å². The van der Waals surface area contributed by atoms with Gasteiger partial charge in [-0.1, -0.05) is 41.7 Å². The van der Waals surface area contributed by atoms with E-state index in [2.05, 4.69) is 10.3 Å². The van der Waals surface area contributed by atoms with E-state index in [9.17, 15) is 4.79 Å². The Bertz CT molecular complexity index is 1080. The summed E-state index contributed by atoms with van der Waals surface area (Å²) in [6.45, 7) is 0. The van der Waals surface area contributed by atoms with E-state index in [1.165, 1.54) is 11.3 Å². The summed E-state index contributed by atoms with van der Waals surface area (Å²) < 4.78 is 11.5. The highest BCUT2D eigenvalue weighted by Crippen LogP contribution is 2.36. The maximum absolute atomic E-state index is 12.6. The molecule has 0 unspecified atom stereocenters. The molecule has 0 bridgehead atoms. The third-order valence-corrected chi connectivity index (χ3v) is 5.06. The summed E-state index contributed by atoms with van der Waals surface area (Å²) in [5.41, 5.74) is 1.35. The van der Waals surface area contributed by atoms with Crippen LogP contribution in [0.25, 0.3) is 21.0 Å². The lowest BCUT2D eigenvalue weighted by Crippen LogP contribution is -2.11. The average Bonchev–Trinajstić information content (AvgIpc) is 3.07. The van der Waals surface area contributed by atoms with Crippen LogP contribution in [0.2, 0.25) is 0 Å². The first-order chi connectivity index (χ1) is 12.7. The Kier molecular flexibility index (Phi) is 4.18. The zero-order valence-corrected chi connectivity index (χ0v) is 15.1. The third-order valence-electron chi connectivity index (χ3n) is 4.13. The lowest BCUT2D eigenvalue weighted by molar-refractivity contribution is 0.102. The molecule has 26 heavy (non-hydrogen) atoms. The molecule has 1 aromatic heterocycles. The Hall–Kier alpha value is -3.12. The minimum Gasteiger partial charge on any atom is -0.493 e. The molecule has 0 atom stereocenters. The number of aromatic nitrogens is 1. The molecule has 130 valence electrons. The van der Waals surface area contributed by atoms with Gasteiger partial charge in [0.2, 0.25) is 0 Å². The highest BCUT2D eigenvalue weighted by atomic mass is 32.1. The zero-order chi connectivity index (χ0) is 18.1. The highest BCUT2D eigenvalue weighted by molar-refractivity contribution is 7.22. The summed E-state index contributed by atoms with van der Waals surface area (Å²) in [6, 6.07) is 17.2. The van der Waals surface area contributed by atoms with Crippen molar-refractivity contribution in [3.05, 3.63) is 60.2 Å². The summed E-state index contributed by atoms with van der Waals surface area (Å²) in [7, 11) is 3.17. The number of nitrogens with zero attached hydrogens (tertiary/aromatic N) is 1. The summed E-state index contributed by atoms with van der Waals surface area (Å²) >= 11 is 1.39. The second kappa shape index (κ2) is 6.65. The monoisotopic (exact) mass is 364 g/mol. The predicted molar refractivity (Wildman–Crippen MR) is 105 cm³/mol. The molecule has 0 fully saturated rings. The van der Waals surface area contributed by atoms with Crippen LogP contribution >= 0.6 is 11.3 Å². The number of carbonyl (C=O) groups is 1. The average molecular weight is 364 g/mol. The van der Waals surface area contributed by atoms with Crippen LogP contribution in [0.3, 0.4) is 0 Å². The fourth-order valence-electron chi connectivity index (χ4n) is 2.81. The van der Waals surface area contributed by atoms with Crippen LogP contribution < -0.4 is 14.8 Å². The Morgan fingerprint density at radius 3 is 2.46 bits per heavy atom. The van der Waals surface area contributed by atoms with Crippen molar-refractivity contribution < 1.29 is 14.3 Å². The van der Waals surface area contributed by atoms with Gasteiger partial charge >= 0.3 is 0 Å². The molecule has 1 N–H and O–H groups in total. The van der Waals surface area contributed by atoms with E-state index >= 15 is 0 Å². The fraction of sp³-hybridized carbons (Fsp3) is 0.100. The number of fused-ring (bicyclic) bond motifs is 2. The number of hydrogen-bond donors (Lipinski definition) is 1. The quantitative estimate of drug-likeness (QED) is 0.569. The molecule has 4 rings (SSSR count). The lowest BCUT2D eigenvalue weighted by atomic mass is 10.1. The molecule has 5 nitrogen and oxygen atoms in total. The Morgan fingerprint density at radius 2 is 1.69 bits per heavy atom. The number of hydrogen-bond acceptors (Lipinski definition) is 5. The molecule has 0 aliphatic carbocycles. The van der Waals surface area contributed by atoms with E-state index in [0.29, 0.717) is 22.2 Å². The molecular formula is C20H16N2O3S. The van der Waals surface area contributed by atoms with E-state index in [4.69, 9.17) is 9.47 Å².